The fourth-order valence-corrected chi connectivity index (χ4v) is 3.27. The zero-order valence-electron chi connectivity index (χ0n) is 14.6. The molecule has 1 saturated heterocycles. The van der Waals surface area contributed by atoms with Gasteiger partial charge in [-0.05, 0) is 71.4 Å². The first-order valence-electron chi connectivity index (χ1n) is 8.54. The molecule has 1 aliphatic rings. The minimum atomic E-state index is -0.572. The van der Waals surface area contributed by atoms with Crippen LogP contribution in [0.5, 0.6) is 0 Å². The Bertz CT molecular complexity index is 332. The summed E-state index contributed by atoms with van der Waals surface area (Å²) >= 11 is 0. The average molecular weight is 297 g/mol. The fourth-order valence-electron chi connectivity index (χ4n) is 3.27. The van der Waals surface area contributed by atoms with E-state index in [2.05, 4.69) is 37.9 Å². The van der Waals surface area contributed by atoms with Gasteiger partial charge in [0.05, 0.1) is 5.54 Å². The van der Waals surface area contributed by atoms with Crippen LogP contribution in [0, 0.1) is 11.8 Å². The summed E-state index contributed by atoms with van der Waals surface area (Å²) in [6.45, 7) is 14.3. The largest absolute Gasteiger partial charge is 0.368 e. The van der Waals surface area contributed by atoms with Gasteiger partial charge in [0, 0.05) is 12.6 Å². The highest BCUT2D eigenvalue weighted by Gasteiger charge is 2.30. The Kier molecular flexibility index (Phi) is 7.14. The van der Waals surface area contributed by atoms with Crippen molar-refractivity contribution in [1.82, 2.24) is 10.2 Å². The quantitative estimate of drug-likeness (QED) is 0.676. The van der Waals surface area contributed by atoms with Gasteiger partial charge in [-0.2, -0.15) is 0 Å². The van der Waals surface area contributed by atoms with Crippen molar-refractivity contribution in [1.29, 1.82) is 0 Å². The molecule has 21 heavy (non-hydrogen) atoms. The number of carbonyl (C=O) groups is 1. The minimum absolute atomic E-state index is 0.239. The summed E-state index contributed by atoms with van der Waals surface area (Å²) in [7, 11) is 0. The first-order chi connectivity index (χ1) is 9.74. The Balaban J connectivity index is 2.30. The highest BCUT2D eigenvalue weighted by molar-refractivity contribution is 5.84. The van der Waals surface area contributed by atoms with Crippen LogP contribution in [0.25, 0.3) is 0 Å². The molecule has 1 amide bonds. The molecule has 1 heterocycles. The van der Waals surface area contributed by atoms with Crippen molar-refractivity contribution < 1.29 is 4.79 Å². The van der Waals surface area contributed by atoms with Gasteiger partial charge in [0.1, 0.15) is 0 Å². The van der Waals surface area contributed by atoms with Crippen LogP contribution in [0.15, 0.2) is 0 Å². The molecule has 1 rings (SSSR count). The summed E-state index contributed by atoms with van der Waals surface area (Å²) in [5.74, 6) is 1.42. The molecule has 3 unspecified atom stereocenters. The maximum Gasteiger partial charge on any atom is 0.237 e. The Morgan fingerprint density at radius 3 is 2.52 bits per heavy atom. The van der Waals surface area contributed by atoms with Crippen molar-refractivity contribution in [3.05, 3.63) is 0 Å². The van der Waals surface area contributed by atoms with Crippen LogP contribution in [0.1, 0.15) is 60.3 Å². The molecule has 0 aliphatic carbocycles. The summed E-state index contributed by atoms with van der Waals surface area (Å²) in [5.41, 5.74) is 4.99. The summed E-state index contributed by atoms with van der Waals surface area (Å²) in [6.07, 6.45) is 4.32. The van der Waals surface area contributed by atoms with Crippen LogP contribution in [0.2, 0.25) is 0 Å². The van der Waals surface area contributed by atoms with Crippen molar-refractivity contribution in [3.63, 3.8) is 0 Å². The van der Waals surface area contributed by atoms with Crippen molar-refractivity contribution >= 4 is 5.91 Å². The molecule has 0 aromatic rings. The van der Waals surface area contributed by atoms with Crippen LogP contribution in [0.3, 0.4) is 0 Å². The zero-order chi connectivity index (χ0) is 16.0. The number of hydrogen-bond donors (Lipinski definition) is 2. The topological polar surface area (TPSA) is 58.4 Å². The highest BCUT2D eigenvalue weighted by atomic mass is 16.1. The monoisotopic (exact) mass is 297 g/mol. The molecule has 3 N–H and O–H groups in total. The number of amides is 1. The summed E-state index contributed by atoms with van der Waals surface area (Å²) in [6, 6.07) is 0.270. The van der Waals surface area contributed by atoms with Gasteiger partial charge in [-0.3, -0.25) is 4.79 Å². The molecule has 4 nitrogen and oxygen atoms in total. The van der Waals surface area contributed by atoms with Crippen LogP contribution in [0.4, 0.5) is 0 Å². The van der Waals surface area contributed by atoms with E-state index in [9.17, 15) is 4.79 Å². The molecule has 0 bridgehead atoms. The molecule has 4 heteroatoms. The van der Waals surface area contributed by atoms with Crippen LogP contribution in [-0.4, -0.2) is 42.0 Å². The lowest BCUT2D eigenvalue weighted by atomic mass is 9.88. The van der Waals surface area contributed by atoms with Crippen LogP contribution in [-0.2, 0) is 4.79 Å². The van der Waals surface area contributed by atoms with E-state index in [4.69, 9.17) is 5.73 Å². The van der Waals surface area contributed by atoms with E-state index in [1.54, 1.807) is 0 Å². The van der Waals surface area contributed by atoms with E-state index in [-0.39, 0.29) is 11.9 Å². The maximum atomic E-state index is 11.7. The second-order valence-electron chi connectivity index (χ2n) is 7.50. The van der Waals surface area contributed by atoms with Crippen LogP contribution < -0.4 is 11.1 Å². The van der Waals surface area contributed by atoms with Crippen LogP contribution >= 0.6 is 0 Å². The number of nitrogens with two attached hydrogens (primary N) is 1. The Hall–Kier alpha value is -0.610. The molecule has 124 valence electrons. The molecular formula is C17H35N3O. The first kappa shape index (κ1) is 18.4. The second kappa shape index (κ2) is 8.14. The van der Waals surface area contributed by atoms with Gasteiger partial charge in [0.15, 0.2) is 0 Å². The van der Waals surface area contributed by atoms with Gasteiger partial charge >= 0.3 is 0 Å². The lowest BCUT2D eigenvalue weighted by molar-refractivity contribution is -0.124. The van der Waals surface area contributed by atoms with E-state index in [0.717, 1.165) is 37.6 Å². The Morgan fingerprint density at radius 1 is 1.33 bits per heavy atom. The van der Waals surface area contributed by atoms with Crippen molar-refractivity contribution in [2.45, 2.75) is 71.9 Å². The molecule has 0 aromatic carbocycles. The SMILES string of the molecule is CC(C)NC(C)(CCCCN1CCC(C)C(C)C1)C(N)=O. The van der Waals surface area contributed by atoms with Crippen molar-refractivity contribution in [2.75, 3.05) is 19.6 Å². The van der Waals surface area contributed by atoms with E-state index >= 15 is 0 Å². The molecule has 3 atom stereocenters. The van der Waals surface area contributed by atoms with Gasteiger partial charge in [-0.1, -0.05) is 13.8 Å². The number of carbonyl (C=O) groups excluding carboxylic acids is 1. The Labute approximate surface area is 130 Å². The number of primary amides is 1. The predicted octanol–water partition coefficient (Wildman–Crippen LogP) is 2.38. The molecule has 0 aromatic heterocycles. The van der Waals surface area contributed by atoms with Gasteiger partial charge in [0.2, 0.25) is 5.91 Å². The lowest BCUT2D eigenvalue weighted by Crippen LogP contribution is -2.55. The number of hydrogen-bond acceptors (Lipinski definition) is 3. The predicted molar refractivity (Wildman–Crippen MR) is 89.1 cm³/mol. The summed E-state index contributed by atoms with van der Waals surface area (Å²) < 4.78 is 0. The average Bonchev–Trinajstić information content (AvgIpc) is 2.38. The number of likely N-dealkylation sites (tertiary alicyclic amines) is 1. The number of rotatable bonds is 8. The highest BCUT2D eigenvalue weighted by Crippen LogP contribution is 2.23. The summed E-state index contributed by atoms with van der Waals surface area (Å²) in [4.78, 5) is 14.3. The molecule has 0 radical (unpaired) electrons. The third-order valence-corrected chi connectivity index (χ3v) is 4.97. The van der Waals surface area contributed by atoms with Gasteiger partial charge in [0.25, 0.3) is 0 Å². The minimum Gasteiger partial charge on any atom is -0.368 e. The van der Waals surface area contributed by atoms with Gasteiger partial charge < -0.3 is 16.0 Å². The second-order valence-corrected chi connectivity index (χ2v) is 7.50. The van der Waals surface area contributed by atoms with Gasteiger partial charge in [-0.15, -0.1) is 0 Å². The van der Waals surface area contributed by atoms with Gasteiger partial charge in [-0.25, -0.2) is 0 Å². The molecule has 0 spiro atoms. The van der Waals surface area contributed by atoms with Crippen molar-refractivity contribution in [3.8, 4) is 0 Å². The van der Waals surface area contributed by atoms with E-state index in [0.29, 0.717) is 0 Å². The Morgan fingerprint density at radius 2 is 2.00 bits per heavy atom. The number of unbranched alkanes of at least 4 members (excludes halogenated alkanes) is 1. The third kappa shape index (κ3) is 5.95. The molecule has 1 aliphatic heterocycles. The number of piperidine rings is 1. The smallest absolute Gasteiger partial charge is 0.237 e. The maximum absolute atomic E-state index is 11.7. The zero-order valence-corrected chi connectivity index (χ0v) is 14.6. The lowest BCUT2D eigenvalue weighted by Gasteiger charge is -2.35. The van der Waals surface area contributed by atoms with E-state index in [1.807, 2.05) is 6.92 Å². The van der Waals surface area contributed by atoms with E-state index < -0.39 is 5.54 Å². The molecular weight excluding hydrogens is 262 g/mol. The molecule has 1 fully saturated rings. The number of nitrogens with one attached hydrogen (secondary N) is 1. The number of nitrogens with zero attached hydrogens (tertiary/aromatic N) is 1. The molecule has 0 saturated carbocycles. The van der Waals surface area contributed by atoms with E-state index in [1.165, 1.54) is 19.5 Å². The normalized spacial score (nSPS) is 26.8. The first-order valence-corrected chi connectivity index (χ1v) is 8.54. The summed E-state index contributed by atoms with van der Waals surface area (Å²) in [5, 5.41) is 3.32. The van der Waals surface area contributed by atoms with Crippen molar-refractivity contribution in [2.24, 2.45) is 17.6 Å². The third-order valence-electron chi connectivity index (χ3n) is 4.97. The standard InChI is InChI=1S/C17H35N3O/c1-13(2)19-17(5,16(18)21)9-6-7-10-20-11-8-14(3)15(4)12-20/h13-15,19H,6-12H2,1-5H3,(H2,18,21). The fraction of sp³-hybridized carbons (Fsp3) is 0.941.